The van der Waals surface area contributed by atoms with Crippen LogP contribution in [-0.2, 0) is 19.3 Å². The first-order valence-corrected chi connectivity index (χ1v) is 8.61. The van der Waals surface area contributed by atoms with Crippen LogP contribution in [0, 0.1) is 6.92 Å². The summed E-state index contributed by atoms with van der Waals surface area (Å²) in [6, 6.07) is 0. The first-order valence-electron chi connectivity index (χ1n) is 8.61. The molecule has 10 heteroatoms. The smallest absolute Gasteiger partial charge is 0.288 e. The molecule has 26 heavy (non-hydrogen) atoms. The van der Waals surface area contributed by atoms with Crippen LogP contribution in [0.4, 0.5) is 0 Å². The number of aromatic nitrogens is 8. The van der Waals surface area contributed by atoms with Gasteiger partial charge in [-0.15, -0.1) is 15.3 Å². The summed E-state index contributed by atoms with van der Waals surface area (Å²) in [6.45, 7) is 2.47. The summed E-state index contributed by atoms with van der Waals surface area (Å²) in [6.07, 6.45) is 7.97. The van der Waals surface area contributed by atoms with Crippen molar-refractivity contribution in [3.8, 4) is 5.95 Å². The van der Waals surface area contributed by atoms with Crippen LogP contribution in [-0.4, -0.2) is 52.4 Å². The molecule has 3 aromatic heterocycles. The van der Waals surface area contributed by atoms with Crippen molar-refractivity contribution in [2.75, 3.05) is 6.54 Å². The van der Waals surface area contributed by atoms with Crippen molar-refractivity contribution < 1.29 is 4.79 Å². The van der Waals surface area contributed by atoms with E-state index in [0.717, 1.165) is 24.4 Å². The van der Waals surface area contributed by atoms with Gasteiger partial charge in [0.25, 0.3) is 11.9 Å². The topological polar surface area (TPSA) is 127 Å². The van der Waals surface area contributed by atoms with Crippen LogP contribution in [0.5, 0.6) is 0 Å². The fraction of sp³-hybridized carbons (Fsp3) is 0.438. The van der Waals surface area contributed by atoms with Gasteiger partial charge in [0, 0.05) is 24.4 Å². The molecule has 0 bridgehead atoms. The van der Waals surface area contributed by atoms with E-state index in [1.54, 1.807) is 0 Å². The van der Waals surface area contributed by atoms with Gasteiger partial charge in [-0.25, -0.2) is 9.97 Å². The molecule has 1 aliphatic carbocycles. The number of aromatic amines is 1. The summed E-state index contributed by atoms with van der Waals surface area (Å²) in [5.41, 5.74) is 3.52. The second kappa shape index (κ2) is 6.98. The molecule has 0 radical (unpaired) electrons. The minimum Gasteiger partial charge on any atom is -0.349 e. The summed E-state index contributed by atoms with van der Waals surface area (Å²) in [5.74, 6) is 0.891. The van der Waals surface area contributed by atoms with Crippen molar-refractivity contribution >= 4 is 5.91 Å². The normalized spacial score (nSPS) is 13.4. The molecule has 4 rings (SSSR count). The highest BCUT2D eigenvalue weighted by atomic mass is 16.2. The van der Waals surface area contributed by atoms with Gasteiger partial charge in [-0.1, -0.05) is 0 Å². The lowest BCUT2D eigenvalue weighted by molar-refractivity contribution is 0.0944. The molecule has 1 aliphatic rings. The standard InChI is InChI=1S/C16H19N9O/c1-10-11-4-2-3-5-12(11)21-13(20-10)6-7-17-15(26)14-22-16(24-23-14)25-8-18-19-9-25/h8-9H,2-7H2,1H3,(H,17,26)(H,22,23,24). The minimum absolute atomic E-state index is 0.135. The Morgan fingerprint density at radius 2 is 2.00 bits per heavy atom. The number of H-pyrrole nitrogens is 1. The predicted octanol–water partition coefficient (Wildman–Crippen LogP) is 0.335. The second-order valence-corrected chi connectivity index (χ2v) is 6.22. The van der Waals surface area contributed by atoms with E-state index in [9.17, 15) is 4.79 Å². The number of nitrogens with zero attached hydrogens (tertiary/aromatic N) is 7. The Balaban J connectivity index is 1.36. The Kier molecular flexibility index (Phi) is 4.38. The summed E-state index contributed by atoms with van der Waals surface area (Å²) in [7, 11) is 0. The van der Waals surface area contributed by atoms with Crippen LogP contribution in [0.25, 0.3) is 5.95 Å². The van der Waals surface area contributed by atoms with Crippen molar-refractivity contribution in [2.45, 2.75) is 39.0 Å². The molecule has 3 heterocycles. The molecular formula is C16H19N9O. The second-order valence-electron chi connectivity index (χ2n) is 6.22. The average Bonchev–Trinajstić information content (AvgIpc) is 3.33. The van der Waals surface area contributed by atoms with Crippen molar-refractivity contribution in [2.24, 2.45) is 0 Å². The molecule has 0 unspecified atom stereocenters. The Hall–Kier alpha value is -3.17. The van der Waals surface area contributed by atoms with E-state index in [1.165, 1.54) is 41.3 Å². The number of fused-ring (bicyclic) bond motifs is 1. The molecule has 0 saturated heterocycles. The van der Waals surface area contributed by atoms with Gasteiger partial charge in [0.2, 0.25) is 5.82 Å². The summed E-state index contributed by atoms with van der Waals surface area (Å²) in [5, 5.41) is 16.7. The Bertz CT molecular complexity index is 916. The lowest BCUT2D eigenvalue weighted by atomic mass is 9.95. The zero-order valence-electron chi connectivity index (χ0n) is 14.4. The first kappa shape index (κ1) is 16.3. The number of nitrogens with one attached hydrogen (secondary N) is 2. The van der Waals surface area contributed by atoms with Crippen molar-refractivity contribution in [3.63, 3.8) is 0 Å². The van der Waals surface area contributed by atoms with Gasteiger partial charge in [-0.05, 0) is 38.2 Å². The highest BCUT2D eigenvalue weighted by Gasteiger charge is 2.16. The lowest BCUT2D eigenvalue weighted by Gasteiger charge is -2.17. The number of amides is 1. The van der Waals surface area contributed by atoms with E-state index in [0.29, 0.717) is 18.9 Å². The van der Waals surface area contributed by atoms with Gasteiger partial charge < -0.3 is 5.32 Å². The fourth-order valence-electron chi connectivity index (χ4n) is 3.10. The Morgan fingerprint density at radius 1 is 1.19 bits per heavy atom. The maximum atomic E-state index is 12.2. The van der Waals surface area contributed by atoms with E-state index in [1.807, 2.05) is 6.92 Å². The molecule has 0 atom stereocenters. The molecule has 2 N–H and O–H groups in total. The summed E-state index contributed by atoms with van der Waals surface area (Å²) in [4.78, 5) is 25.6. The zero-order valence-corrected chi connectivity index (χ0v) is 14.4. The zero-order chi connectivity index (χ0) is 17.9. The van der Waals surface area contributed by atoms with Crippen LogP contribution in [0.3, 0.4) is 0 Å². The van der Waals surface area contributed by atoms with Crippen molar-refractivity contribution in [1.82, 2.24) is 45.2 Å². The minimum atomic E-state index is -0.327. The largest absolute Gasteiger partial charge is 0.349 e. The Labute approximate surface area is 149 Å². The fourth-order valence-corrected chi connectivity index (χ4v) is 3.10. The van der Waals surface area contributed by atoms with Gasteiger partial charge in [0.1, 0.15) is 18.5 Å². The number of rotatable bonds is 5. The van der Waals surface area contributed by atoms with Crippen molar-refractivity contribution in [3.05, 3.63) is 41.3 Å². The first-order chi connectivity index (χ1) is 12.7. The van der Waals surface area contributed by atoms with Gasteiger partial charge in [-0.2, -0.15) is 4.98 Å². The molecule has 134 valence electrons. The molecule has 0 aromatic carbocycles. The highest BCUT2D eigenvalue weighted by Crippen LogP contribution is 2.21. The maximum Gasteiger partial charge on any atom is 0.288 e. The highest BCUT2D eigenvalue weighted by molar-refractivity contribution is 5.90. The monoisotopic (exact) mass is 353 g/mol. The molecule has 0 fully saturated rings. The van der Waals surface area contributed by atoms with E-state index < -0.39 is 0 Å². The van der Waals surface area contributed by atoms with E-state index in [-0.39, 0.29) is 11.7 Å². The molecule has 10 nitrogen and oxygen atoms in total. The van der Waals surface area contributed by atoms with E-state index in [2.05, 4.69) is 40.7 Å². The molecule has 0 aliphatic heterocycles. The average molecular weight is 353 g/mol. The number of carbonyl (C=O) groups excluding carboxylic acids is 1. The van der Waals surface area contributed by atoms with Crippen LogP contribution < -0.4 is 5.32 Å². The maximum absolute atomic E-state index is 12.2. The number of hydrogen-bond donors (Lipinski definition) is 2. The summed E-state index contributed by atoms with van der Waals surface area (Å²) >= 11 is 0. The van der Waals surface area contributed by atoms with Crippen LogP contribution in [0.1, 0.15) is 46.2 Å². The number of carbonyl (C=O) groups is 1. The molecule has 3 aromatic rings. The molecule has 1 amide bonds. The Morgan fingerprint density at radius 3 is 2.85 bits per heavy atom. The quantitative estimate of drug-likeness (QED) is 0.677. The number of aryl methyl sites for hydroxylation is 2. The third-order valence-electron chi connectivity index (χ3n) is 4.41. The van der Waals surface area contributed by atoms with Crippen LogP contribution in [0.15, 0.2) is 12.7 Å². The number of hydrogen-bond acceptors (Lipinski definition) is 7. The SMILES string of the molecule is Cc1nc(CCNC(=O)c2nc(-n3cnnc3)n[nH]2)nc2c1CCCC2. The van der Waals surface area contributed by atoms with Crippen LogP contribution >= 0.6 is 0 Å². The third-order valence-corrected chi connectivity index (χ3v) is 4.41. The predicted molar refractivity (Wildman–Crippen MR) is 90.7 cm³/mol. The van der Waals surface area contributed by atoms with Gasteiger partial charge >= 0.3 is 0 Å². The van der Waals surface area contributed by atoms with Gasteiger partial charge in [0.05, 0.1) is 0 Å². The third kappa shape index (κ3) is 3.30. The van der Waals surface area contributed by atoms with Crippen LogP contribution in [0.2, 0.25) is 0 Å². The van der Waals surface area contributed by atoms with E-state index >= 15 is 0 Å². The van der Waals surface area contributed by atoms with E-state index in [4.69, 9.17) is 0 Å². The van der Waals surface area contributed by atoms with Gasteiger partial charge in [0.15, 0.2) is 0 Å². The molecular weight excluding hydrogens is 334 g/mol. The van der Waals surface area contributed by atoms with Crippen molar-refractivity contribution in [1.29, 1.82) is 0 Å². The molecule has 0 spiro atoms. The molecule has 0 saturated carbocycles. The van der Waals surface area contributed by atoms with Gasteiger partial charge in [-0.3, -0.25) is 14.5 Å². The summed E-state index contributed by atoms with van der Waals surface area (Å²) < 4.78 is 1.51. The lowest BCUT2D eigenvalue weighted by Crippen LogP contribution is -2.27.